The van der Waals surface area contributed by atoms with Gasteiger partial charge in [0.15, 0.2) is 0 Å². The van der Waals surface area contributed by atoms with Gasteiger partial charge in [0.2, 0.25) is 0 Å². The van der Waals surface area contributed by atoms with Gasteiger partial charge in [0.05, 0.1) is 6.26 Å². The van der Waals surface area contributed by atoms with E-state index in [0.717, 1.165) is 65.5 Å². The van der Waals surface area contributed by atoms with Gasteiger partial charge in [-0.3, -0.25) is 9.59 Å². The van der Waals surface area contributed by atoms with Crippen molar-refractivity contribution in [3.8, 4) is 17.2 Å². The zero-order chi connectivity index (χ0) is 48.1. The van der Waals surface area contributed by atoms with Gasteiger partial charge >= 0.3 is 22.1 Å². The standard InChI is InChI=1S/C20H26N2O2.C18H22N2O2.C17H22N2O3S/c1-3-4-19(23)24-15-5-6-18-16(11-15)20(13(2)21-18)17-12-22-9-7-14(17)8-10-22;1-11-18(16-10-20-7-5-13(16)6-8-20)15-4-3-14(22-12(2)21)9-17(15)19-11;1-11-17(15-10-19-7-5-12(15)6-8-19)14-9-13(22-23(2,20)21)3-4-16(14)18-11/h5-6,11,14,17,21H,3-4,7-10,12H2,1-2H3;3-4,9,13,16,19H,5-8,10H2,1-2H3;3-4,9,12,15,18H,5-8,10H2,1-2H3. The minimum Gasteiger partial charge on any atom is -0.427 e. The van der Waals surface area contributed by atoms with Crippen LogP contribution in [0.1, 0.15) is 117 Å². The molecule has 0 radical (unpaired) electrons. The molecule has 15 rings (SSSR count). The molecule has 0 amide bonds. The van der Waals surface area contributed by atoms with Crippen LogP contribution in [0.3, 0.4) is 0 Å². The maximum atomic E-state index is 11.8. The second kappa shape index (κ2) is 19.6. The molecular weight excluding hydrogens is 889 g/mol. The van der Waals surface area contributed by atoms with Gasteiger partial charge < -0.3 is 43.3 Å². The number of nitrogens with zero attached hydrogens (tertiary/aromatic N) is 3. The van der Waals surface area contributed by atoms with Gasteiger partial charge in [0.1, 0.15) is 17.2 Å². The number of aromatic amines is 3. The number of piperidine rings is 9. The highest BCUT2D eigenvalue weighted by Gasteiger charge is 2.39. The van der Waals surface area contributed by atoms with E-state index in [1.54, 1.807) is 6.07 Å². The Morgan fingerprint density at radius 1 is 0.565 bits per heavy atom. The summed E-state index contributed by atoms with van der Waals surface area (Å²) in [5.74, 6) is 5.35. The van der Waals surface area contributed by atoms with E-state index in [1.807, 2.05) is 43.3 Å². The van der Waals surface area contributed by atoms with Gasteiger partial charge in [-0.1, -0.05) is 6.92 Å². The summed E-state index contributed by atoms with van der Waals surface area (Å²) in [5.41, 5.74) is 11.2. The van der Waals surface area contributed by atoms with Crippen molar-refractivity contribution in [2.24, 2.45) is 17.8 Å². The number of nitrogens with one attached hydrogen (secondary N) is 3. The quantitative estimate of drug-likeness (QED) is 0.0726. The van der Waals surface area contributed by atoms with Gasteiger partial charge in [-0.05, 0) is 188 Å². The largest absolute Gasteiger partial charge is 0.427 e. The number of esters is 2. The number of ether oxygens (including phenoxy) is 2. The van der Waals surface area contributed by atoms with Crippen LogP contribution in [-0.4, -0.2) is 115 Å². The van der Waals surface area contributed by atoms with Crippen molar-refractivity contribution in [2.45, 2.75) is 104 Å². The Bertz CT molecular complexity index is 2970. The zero-order valence-electron chi connectivity index (χ0n) is 41.3. The summed E-state index contributed by atoms with van der Waals surface area (Å²) in [6, 6.07) is 17.4. The Hall–Kier alpha value is -5.15. The van der Waals surface area contributed by atoms with Crippen LogP contribution in [-0.2, 0) is 19.7 Å². The molecule has 3 unspecified atom stereocenters. The van der Waals surface area contributed by atoms with E-state index in [-0.39, 0.29) is 11.9 Å². The minimum atomic E-state index is -3.50. The lowest BCUT2D eigenvalue weighted by atomic mass is 9.75. The summed E-state index contributed by atoms with van der Waals surface area (Å²) < 4.78 is 38.6. The van der Waals surface area contributed by atoms with Crippen LogP contribution in [0.4, 0.5) is 0 Å². The highest BCUT2D eigenvalue weighted by Crippen LogP contribution is 2.46. The summed E-state index contributed by atoms with van der Waals surface area (Å²) in [6.45, 7) is 20.8. The molecule has 3 aromatic carbocycles. The molecule has 69 heavy (non-hydrogen) atoms. The Labute approximate surface area is 406 Å². The third-order valence-electron chi connectivity index (χ3n) is 16.3. The fourth-order valence-corrected chi connectivity index (χ4v) is 13.7. The lowest BCUT2D eigenvalue weighted by Crippen LogP contribution is -2.46. The van der Waals surface area contributed by atoms with E-state index < -0.39 is 10.1 Å². The number of benzene rings is 3. The first-order valence-corrected chi connectivity index (χ1v) is 27.3. The van der Waals surface area contributed by atoms with Crippen LogP contribution in [0.25, 0.3) is 32.7 Å². The molecule has 0 spiro atoms. The second-order valence-corrected chi connectivity index (χ2v) is 22.5. The van der Waals surface area contributed by atoms with Gasteiger partial charge in [-0.15, -0.1) is 0 Å². The average molecular weight is 959 g/mol. The molecule has 6 aromatic rings. The number of aryl methyl sites for hydroxylation is 3. The Morgan fingerprint density at radius 2 is 0.971 bits per heavy atom. The van der Waals surface area contributed by atoms with Crippen molar-refractivity contribution in [1.29, 1.82) is 0 Å². The molecule has 14 heteroatoms. The Morgan fingerprint density at radius 3 is 1.39 bits per heavy atom. The molecule has 3 aromatic heterocycles. The van der Waals surface area contributed by atoms with E-state index in [1.165, 1.54) is 136 Å². The molecular formula is C55H70N6O7S. The first-order valence-electron chi connectivity index (χ1n) is 25.5. The van der Waals surface area contributed by atoms with Gasteiger partial charge in [-0.25, -0.2) is 0 Å². The summed E-state index contributed by atoms with van der Waals surface area (Å²) in [5, 5.41) is 3.61. The van der Waals surface area contributed by atoms with E-state index in [4.69, 9.17) is 13.7 Å². The lowest BCUT2D eigenvalue weighted by molar-refractivity contribution is -0.134. The van der Waals surface area contributed by atoms with Gasteiger partial charge in [0, 0.05) is 107 Å². The van der Waals surface area contributed by atoms with Gasteiger partial charge in [-0.2, -0.15) is 8.42 Å². The minimum absolute atomic E-state index is 0.145. The maximum Gasteiger partial charge on any atom is 0.311 e. The fraction of sp³-hybridized carbons (Fsp3) is 0.527. The molecule has 368 valence electrons. The third-order valence-corrected chi connectivity index (χ3v) is 16.8. The Kier molecular flexibility index (Phi) is 13.5. The number of rotatable bonds is 9. The predicted octanol–water partition coefficient (Wildman–Crippen LogP) is 9.83. The van der Waals surface area contributed by atoms with E-state index in [9.17, 15) is 18.0 Å². The molecule has 9 saturated heterocycles. The van der Waals surface area contributed by atoms with E-state index in [0.29, 0.717) is 41.4 Å². The zero-order valence-corrected chi connectivity index (χ0v) is 42.1. The number of carbonyl (C=O) groups excluding carboxylic acids is 2. The lowest BCUT2D eigenvalue weighted by Gasteiger charge is -2.45. The summed E-state index contributed by atoms with van der Waals surface area (Å²) in [7, 11) is -3.50. The number of carbonyl (C=O) groups is 2. The van der Waals surface area contributed by atoms with Crippen molar-refractivity contribution in [3.05, 3.63) is 88.4 Å². The maximum absolute atomic E-state index is 11.8. The van der Waals surface area contributed by atoms with Crippen molar-refractivity contribution >= 4 is 54.8 Å². The third kappa shape index (κ3) is 10.1. The molecule has 13 nitrogen and oxygen atoms in total. The molecule has 9 fully saturated rings. The van der Waals surface area contributed by atoms with Crippen LogP contribution in [0, 0.1) is 38.5 Å². The van der Waals surface area contributed by atoms with Crippen molar-refractivity contribution < 1.29 is 31.7 Å². The molecule has 12 heterocycles. The number of fused-ring (bicyclic) bond motifs is 12. The van der Waals surface area contributed by atoms with Crippen LogP contribution in [0.5, 0.6) is 17.2 Å². The smallest absolute Gasteiger partial charge is 0.311 e. The van der Waals surface area contributed by atoms with Crippen LogP contribution < -0.4 is 13.7 Å². The molecule has 3 atom stereocenters. The Balaban J connectivity index is 0.000000120. The summed E-state index contributed by atoms with van der Waals surface area (Å²) >= 11 is 0. The topological polar surface area (TPSA) is 153 Å². The van der Waals surface area contributed by atoms with Crippen molar-refractivity contribution in [1.82, 2.24) is 29.7 Å². The highest BCUT2D eigenvalue weighted by molar-refractivity contribution is 7.86. The molecule has 0 aliphatic carbocycles. The number of aromatic nitrogens is 3. The van der Waals surface area contributed by atoms with Crippen LogP contribution >= 0.6 is 0 Å². The SMILES string of the molecule is CC(=O)Oc1ccc2c(C3CN4CCC3CC4)c(C)[nH]c2c1.CCCC(=O)Oc1ccc2[nH]c(C)c(C3CN4CCC3CC4)c2c1.Cc1[nH]c2ccc(OS(C)(=O)=O)cc2c1C1CN2CCC1CC2. The first kappa shape index (κ1) is 47.5. The summed E-state index contributed by atoms with van der Waals surface area (Å²) in [4.78, 5) is 41.1. The highest BCUT2D eigenvalue weighted by atomic mass is 32.2. The molecule has 9 aliphatic rings. The molecule has 0 saturated carbocycles. The normalized spacial score (nSPS) is 26.9. The number of hydrogen-bond donors (Lipinski definition) is 3. The molecule has 6 bridgehead atoms. The number of H-pyrrole nitrogens is 3. The van der Waals surface area contributed by atoms with Crippen LogP contribution in [0.2, 0.25) is 0 Å². The van der Waals surface area contributed by atoms with Gasteiger partial charge in [0.25, 0.3) is 0 Å². The van der Waals surface area contributed by atoms with E-state index >= 15 is 0 Å². The van der Waals surface area contributed by atoms with Crippen molar-refractivity contribution in [2.75, 3.05) is 65.2 Å². The van der Waals surface area contributed by atoms with Crippen molar-refractivity contribution in [3.63, 3.8) is 0 Å². The molecule has 9 aliphatic heterocycles. The first-order chi connectivity index (χ1) is 33.2. The predicted molar refractivity (Wildman–Crippen MR) is 272 cm³/mol. The number of hydrogen-bond acceptors (Lipinski definition) is 10. The van der Waals surface area contributed by atoms with E-state index in [2.05, 4.69) is 62.6 Å². The average Bonchev–Trinajstić information content (AvgIpc) is 3.96. The fourth-order valence-electron chi connectivity index (χ4n) is 13.2. The molecule has 3 N–H and O–H groups in total. The monoisotopic (exact) mass is 959 g/mol. The summed E-state index contributed by atoms with van der Waals surface area (Å²) in [6.07, 6.45) is 10.1. The second-order valence-electron chi connectivity index (χ2n) is 21.0. The van der Waals surface area contributed by atoms with Crippen LogP contribution in [0.15, 0.2) is 54.6 Å².